The molecule has 20 heteroatoms. The number of thioether (sulfide) groups is 1. The number of nitriles is 2. The molecule has 0 bridgehead atoms. The van der Waals surface area contributed by atoms with Crippen molar-refractivity contribution in [3.63, 3.8) is 0 Å². The molecule has 16 nitrogen and oxygen atoms in total. The molecule has 2 aromatic rings. The number of carbonyl (C=O) groups excluding carboxylic acids is 2. The van der Waals surface area contributed by atoms with Crippen LogP contribution in [0, 0.1) is 22.7 Å². The molecule has 1 aliphatic heterocycles. The molecule has 0 N–H and O–H groups in total. The molecule has 2 amide bonds. The maximum Gasteiger partial charge on any atom is 0.325 e. The lowest BCUT2D eigenvalue weighted by Gasteiger charge is -2.13. The van der Waals surface area contributed by atoms with Gasteiger partial charge in [-0.05, 0) is 17.0 Å². The minimum Gasteiger partial charge on any atom is -0.272 e. The summed E-state index contributed by atoms with van der Waals surface area (Å²) in [4.78, 5) is 21.2. The summed E-state index contributed by atoms with van der Waals surface area (Å²) in [5, 5.41) is 27.1. The van der Waals surface area contributed by atoms with Crippen LogP contribution in [0.3, 0.4) is 0 Å². The third-order valence-corrected chi connectivity index (χ3v) is 6.44. The van der Waals surface area contributed by atoms with Crippen molar-refractivity contribution >= 4 is 70.3 Å². The number of rotatable bonds is 8. The van der Waals surface area contributed by atoms with Crippen LogP contribution >= 0.6 is 11.8 Å². The van der Waals surface area contributed by atoms with Gasteiger partial charge in [0.1, 0.15) is 17.2 Å². The molecule has 0 fully saturated rings. The highest BCUT2D eigenvalue weighted by Crippen LogP contribution is 2.30. The van der Waals surface area contributed by atoms with Gasteiger partial charge in [-0.25, -0.2) is 0 Å². The van der Waals surface area contributed by atoms with Gasteiger partial charge >= 0.3 is 20.2 Å². The molecule has 0 saturated heterocycles. The predicted octanol–water partition coefficient (Wildman–Crippen LogP) is 6.39. The van der Waals surface area contributed by atoms with Crippen molar-refractivity contribution in [2.75, 3.05) is 18.8 Å². The second-order valence-corrected chi connectivity index (χ2v) is 14.2. The molecule has 0 atom stereocenters. The summed E-state index contributed by atoms with van der Waals surface area (Å²) < 4.78 is 76.9. The SMILES string of the molecule is C.CC.CC.CC.CC(=O)N(OS(C)(=O)=O)C(C)=O.CS(=O)(=O)O/N=C(\C#N)c1ccccc1.CS(=O)(=O)ON=C1SC=C/C1=C(/C#N)c1ccccc1. The Balaban J connectivity index is -0.000000330. The molecule has 1 heterocycles. The van der Waals surface area contributed by atoms with Crippen LogP contribution in [0.4, 0.5) is 0 Å². The summed E-state index contributed by atoms with van der Waals surface area (Å²) in [6.45, 7) is 14.0. The maximum atomic E-state index is 11.0. The van der Waals surface area contributed by atoms with E-state index in [2.05, 4.69) is 29.2 Å². The molecule has 2 aromatic carbocycles. The summed E-state index contributed by atoms with van der Waals surface area (Å²) >= 11 is 1.20. The first-order valence-corrected chi connectivity index (χ1v) is 21.7. The van der Waals surface area contributed by atoms with Crippen LogP contribution in [0.1, 0.15) is 73.9 Å². The highest BCUT2D eigenvalue weighted by atomic mass is 32.2. The van der Waals surface area contributed by atoms with E-state index in [1.54, 1.807) is 60.0 Å². The van der Waals surface area contributed by atoms with Crippen molar-refractivity contribution in [3.8, 4) is 12.1 Å². The van der Waals surface area contributed by atoms with E-state index in [0.717, 1.165) is 38.2 Å². The molecule has 0 unspecified atom stereocenters. The number of oxime groups is 2. The van der Waals surface area contributed by atoms with Crippen LogP contribution in [0.5, 0.6) is 0 Å². The standard InChI is InChI=1S/C13H10N2O3S2.C9H8N2O3S.C5H9NO5S.3C2H6.CH4/c1-20(16,17)18-15-13-11(7-8-19-13)12(9-14)10-5-3-2-4-6-10;1-15(12,13)14-11-9(7-10)8-5-3-2-4-6-8;1-4(7)6(5(2)8)11-12(3,9)10;3*1-2;/h2-8H,1H3;2-6H,1H3;1-3H3;3*1-2H3;1H4/b12-11+,15-13?;11-9+;;;;;. The summed E-state index contributed by atoms with van der Waals surface area (Å²) in [5.74, 6) is -1.57. The van der Waals surface area contributed by atoms with Crippen molar-refractivity contribution in [2.45, 2.75) is 62.8 Å². The van der Waals surface area contributed by atoms with Gasteiger partial charge in [-0.3, -0.25) is 18.2 Å². The van der Waals surface area contributed by atoms with E-state index < -0.39 is 42.2 Å². The number of hydrogen-bond donors (Lipinski definition) is 0. The monoisotopic (exact) mass is 831 g/mol. The molecule has 0 spiro atoms. The molecule has 54 heavy (non-hydrogen) atoms. The Bertz CT molecular complexity index is 1970. The van der Waals surface area contributed by atoms with Crippen LogP contribution in [-0.4, -0.2) is 71.7 Å². The van der Waals surface area contributed by atoms with E-state index >= 15 is 0 Å². The fourth-order valence-corrected chi connectivity index (χ4v) is 4.51. The van der Waals surface area contributed by atoms with Gasteiger partial charge in [0.15, 0.2) is 5.71 Å². The average molecular weight is 832 g/mol. The quantitative estimate of drug-likeness (QED) is 0.159. The molecule has 0 saturated carbocycles. The highest BCUT2D eigenvalue weighted by Gasteiger charge is 2.20. The Hall–Kier alpha value is -4.86. The zero-order valence-electron chi connectivity index (χ0n) is 31.3. The van der Waals surface area contributed by atoms with Gasteiger partial charge in [-0.15, -0.1) is 9.35 Å². The molecule has 0 radical (unpaired) electrons. The van der Waals surface area contributed by atoms with E-state index in [1.165, 1.54) is 11.8 Å². The molecule has 0 aromatic heterocycles. The summed E-state index contributed by atoms with van der Waals surface area (Å²) in [7, 11) is -11.2. The van der Waals surface area contributed by atoms with Crippen molar-refractivity contribution in [3.05, 3.63) is 88.8 Å². The van der Waals surface area contributed by atoms with Crippen LogP contribution < -0.4 is 0 Å². The van der Waals surface area contributed by atoms with Gasteiger partial charge in [-0.2, -0.15) is 35.8 Å². The number of hydroxylamine groups is 2. The van der Waals surface area contributed by atoms with Crippen LogP contribution in [-0.2, 0) is 52.8 Å². The minimum absolute atomic E-state index is 0. The number of nitrogens with zero attached hydrogens (tertiary/aromatic N) is 5. The largest absolute Gasteiger partial charge is 0.325 e. The van der Waals surface area contributed by atoms with Gasteiger partial charge in [-0.1, -0.05) is 132 Å². The van der Waals surface area contributed by atoms with E-state index in [4.69, 9.17) is 5.26 Å². The molecule has 0 aliphatic carbocycles. The Morgan fingerprint density at radius 1 is 0.685 bits per heavy atom. The Morgan fingerprint density at radius 2 is 1.11 bits per heavy atom. The van der Waals surface area contributed by atoms with E-state index in [1.807, 2.05) is 59.7 Å². The molecular formula is C34H49N5O11S4. The molecular weight excluding hydrogens is 783 g/mol. The zero-order valence-corrected chi connectivity index (χ0v) is 34.6. The average Bonchev–Trinajstić information content (AvgIpc) is 3.58. The summed E-state index contributed by atoms with van der Waals surface area (Å²) in [6.07, 6.45) is 4.22. The van der Waals surface area contributed by atoms with Gasteiger partial charge in [0.25, 0.3) is 21.9 Å². The second kappa shape index (κ2) is 29.6. The Labute approximate surface area is 325 Å². The fourth-order valence-electron chi connectivity index (χ4n) is 2.85. The van der Waals surface area contributed by atoms with Crippen LogP contribution in [0.2, 0.25) is 0 Å². The van der Waals surface area contributed by atoms with Crippen molar-refractivity contribution in [2.24, 2.45) is 10.3 Å². The van der Waals surface area contributed by atoms with E-state index in [9.17, 15) is 40.1 Å². The van der Waals surface area contributed by atoms with Gasteiger partial charge in [0, 0.05) is 25.0 Å². The Morgan fingerprint density at radius 3 is 1.44 bits per heavy atom. The van der Waals surface area contributed by atoms with Gasteiger partial charge < -0.3 is 0 Å². The summed E-state index contributed by atoms with van der Waals surface area (Å²) in [6, 6.07) is 21.4. The summed E-state index contributed by atoms with van der Waals surface area (Å²) in [5.41, 5.74) is 2.13. The maximum absolute atomic E-state index is 11.0. The number of carbonyl (C=O) groups is 2. The predicted molar refractivity (Wildman–Crippen MR) is 213 cm³/mol. The minimum atomic E-state index is -3.83. The normalized spacial score (nSPS) is 13.1. The van der Waals surface area contributed by atoms with Crippen molar-refractivity contribution in [1.82, 2.24) is 5.06 Å². The van der Waals surface area contributed by atoms with Crippen molar-refractivity contribution in [1.29, 1.82) is 10.5 Å². The molecule has 3 rings (SSSR count). The lowest BCUT2D eigenvalue weighted by molar-refractivity contribution is -0.168. The third kappa shape index (κ3) is 26.0. The number of amides is 2. The highest BCUT2D eigenvalue weighted by molar-refractivity contribution is 8.17. The van der Waals surface area contributed by atoms with Crippen LogP contribution in [0.15, 0.2) is 88.0 Å². The first-order valence-electron chi connectivity index (χ1n) is 15.4. The molecule has 300 valence electrons. The lowest BCUT2D eigenvalue weighted by Crippen LogP contribution is -2.35. The zero-order chi connectivity index (χ0) is 41.8. The number of benzene rings is 2. The smallest absolute Gasteiger partial charge is 0.272 e. The third-order valence-electron chi connectivity index (χ3n) is 4.54. The van der Waals surface area contributed by atoms with Crippen LogP contribution in [0.25, 0.3) is 5.57 Å². The van der Waals surface area contributed by atoms with Gasteiger partial charge in [0.05, 0.1) is 24.3 Å². The first-order chi connectivity index (χ1) is 24.8. The number of hydrogen-bond acceptors (Lipinski definition) is 16. The first kappa shape index (κ1) is 55.9. The topological polar surface area (TPSA) is 240 Å². The number of imide groups is 1. The van der Waals surface area contributed by atoms with E-state index in [0.29, 0.717) is 21.8 Å². The second-order valence-electron chi connectivity index (χ2n) is 8.67. The molecule has 1 aliphatic rings. The lowest BCUT2D eigenvalue weighted by atomic mass is 10.0. The van der Waals surface area contributed by atoms with E-state index in [-0.39, 0.29) is 18.2 Å². The Kier molecular flexibility index (Phi) is 30.6. The number of allylic oxidation sites excluding steroid dienone is 2. The van der Waals surface area contributed by atoms with Gasteiger partial charge in [0.2, 0.25) is 0 Å². The van der Waals surface area contributed by atoms with Crippen molar-refractivity contribution < 1.29 is 47.7 Å². The fraction of sp³-hybridized carbons (Fsp3) is 0.353.